The first-order valence-electron chi connectivity index (χ1n) is 5.88. The fourth-order valence-electron chi connectivity index (χ4n) is 1.77. The number of unbranched alkanes of at least 4 members (excludes halogenated alkanes) is 3. The van der Waals surface area contributed by atoms with Crippen molar-refractivity contribution in [1.82, 2.24) is 0 Å². The van der Waals surface area contributed by atoms with Gasteiger partial charge in [0.25, 0.3) is 0 Å². The molecule has 17 heavy (non-hydrogen) atoms. The van der Waals surface area contributed by atoms with E-state index in [1.165, 1.54) is 7.11 Å². The van der Waals surface area contributed by atoms with E-state index in [0.717, 1.165) is 31.8 Å². The molecule has 0 aromatic heterocycles. The van der Waals surface area contributed by atoms with Gasteiger partial charge in [0, 0.05) is 11.6 Å². The number of Topliss-reactive ketones (excluding diaryl/α,β-unsaturated/α-hetero) is 1. The maximum absolute atomic E-state index is 11.8. The molecule has 1 aliphatic carbocycles. The van der Waals surface area contributed by atoms with Crippen molar-refractivity contribution < 1.29 is 19.4 Å². The summed E-state index contributed by atoms with van der Waals surface area (Å²) in [5.41, 5.74) is 0.186. The Morgan fingerprint density at radius 1 is 1.24 bits per heavy atom. The minimum atomic E-state index is -0.549. The summed E-state index contributed by atoms with van der Waals surface area (Å²) in [6.45, 7) is 2.10. The Bertz CT molecular complexity index is 377. The molecule has 0 bridgehead atoms. The van der Waals surface area contributed by atoms with E-state index in [1.54, 1.807) is 0 Å². The maximum atomic E-state index is 11.8. The summed E-state index contributed by atoms with van der Waals surface area (Å²) in [5.74, 6) is -1.33. The molecule has 0 aromatic carbocycles. The van der Waals surface area contributed by atoms with Crippen molar-refractivity contribution in [1.29, 1.82) is 0 Å². The van der Waals surface area contributed by atoms with Crippen LogP contribution in [0.4, 0.5) is 0 Å². The molecule has 0 spiro atoms. The Morgan fingerprint density at radius 3 is 2.53 bits per heavy atom. The minimum absolute atomic E-state index is 0.0123. The van der Waals surface area contributed by atoms with Gasteiger partial charge in [-0.15, -0.1) is 0 Å². The van der Waals surface area contributed by atoms with Crippen LogP contribution in [0.3, 0.4) is 0 Å². The fourth-order valence-corrected chi connectivity index (χ4v) is 1.77. The quantitative estimate of drug-likeness (QED) is 0.570. The van der Waals surface area contributed by atoms with Gasteiger partial charge in [-0.1, -0.05) is 26.2 Å². The van der Waals surface area contributed by atoms with E-state index >= 15 is 0 Å². The maximum Gasteiger partial charge on any atom is 0.227 e. The predicted octanol–water partition coefficient (Wildman–Crippen LogP) is 2.45. The molecule has 1 N–H and O–H groups in total. The van der Waals surface area contributed by atoms with E-state index in [4.69, 9.17) is 4.74 Å². The van der Waals surface area contributed by atoms with Crippen LogP contribution in [-0.2, 0) is 14.3 Å². The Morgan fingerprint density at radius 2 is 1.94 bits per heavy atom. The molecule has 0 heterocycles. The van der Waals surface area contributed by atoms with Crippen LogP contribution in [0.15, 0.2) is 23.2 Å². The molecule has 0 unspecified atom stereocenters. The summed E-state index contributed by atoms with van der Waals surface area (Å²) >= 11 is 0. The molecule has 0 amide bonds. The molecule has 0 atom stereocenters. The number of aliphatic hydroxyl groups is 1. The minimum Gasteiger partial charge on any atom is -0.504 e. The lowest BCUT2D eigenvalue weighted by Crippen LogP contribution is -2.20. The van der Waals surface area contributed by atoms with Crippen LogP contribution in [0, 0.1) is 0 Å². The highest BCUT2D eigenvalue weighted by molar-refractivity contribution is 6.20. The third-order valence-corrected chi connectivity index (χ3v) is 2.78. The SMILES string of the molecule is CCCCCCC1=C(O)C(=O)C=C(OC)C1=O. The van der Waals surface area contributed by atoms with Gasteiger partial charge in [-0.2, -0.15) is 0 Å². The molecule has 0 aromatic rings. The van der Waals surface area contributed by atoms with Gasteiger partial charge in [0.15, 0.2) is 11.5 Å². The van der Waals surface area contributed by atoms with Gasteiger partial charge in [0.05, 0.1) is 7.11 Å². The van der Waals surface area contributed by atoms with Crippen LogP contribution in [0.1, 0.15) is 39.0 Å². The second-order valence-corrected chi connectivity index (χ2v) is 4.04. The average molecular weight is 238 g/mol. The van der Waals surface area contributed by atoms with E-state index in [1.807, 2.05) is 0 Å². The summed E-state index contributed by atoms with van der Waals surface area (Å²) in [6, 6.07) is 0. The van der Waals surface area contributed by atoms with Crippen LogP contribution in [0.5, 0.6) is 0 Å². The van der Waals surface area contributed by atoms with Crippen LogP contribution in [0.25, 0.3) is 0 Å². The van der Waals surface area contributed by atoms with Gasteiger partial charge in [-0.3, -0.25) is 9.59 Å². The zero-order chi connectivity index (χ0) is 12.8. The first kappa shape index (κ1) is 13.5. The first-order valence-corrected chi connectivity index (χ1v) is 5.88. The van der Waals surface area contributed by atoms with Crippen molar-refractivity contribution in [3.8, 4) is 0 Å². The van der Waals surface area contributed by atoms with Crippen LogP contribution >= 0.6 is 0 Å². The number of methoxy groups -OCH3 is 1. The molecule has 94 valence electrons. The molecule has 0 fully saturated rings. The van der Waals surface area contributed by atoms with Crippen molar-refractivity contribution in [3.63, 3.8) is 0 Å². The van der Waals surface area contributed by atoms with Crippen molar-refractivity contribution >= 4 is 11.6 Å². The average Bonchev–Trinajstić information content (AvgIpc) is 2.33. The molecule has 0 saturated heterocycles. The number of ether oxygens (including phenoxy) is 1. The van der Waals surface area contributed by atoms with E-state index in [9.17, 15) is 14.7 Å². The number of ketones is 2. The molecule has 0 saturated carbocycles. The summed E-state index contributed by atoms with van der Waals surface area (Å²) in [5, 5.41) is 9.59. The Balaban J connectivity index is 2.71. The topological polar surface area (TPSA) is 63.6 Å². The smallest absolute Gasteiger partial charge is 0.227 e. The number of hydrogen-bond acceptors (Lipinski definition) is 4. The zero-order valence-corrected chi connectivity index (χ0v) is 10.3. The molecule has 4 heteroatoms. The monoisotopic (exact) mass is 238 g/mol. The highest BCUT2D eigenvalue weighted by Gasteiger charge is 2.28. The Hall–Kier alpha value is -1.58. The van der Waals surface area contributed by atoms with Gasteiger partial charge in [0.2, 0.25) is 11.6 Å². The van der Waals surface area contributed by atoms with Gasteiger partial charge in [-0.25, -0.2) is 0 Å². The first-order chi connectivity index (χ1) is 8.11. The molecule has 1 aliphatic rings. The fraction of sp³-hybridized carbons (Fsp3) is 0.538. The van der Waals surface area contributed by atoms with E-state index in [-0.39, 0.29) is 17.1 Å². The summed E-state index contributed by atoms with van der Waals surface area (Å²) < 4.78 is 4.83. The molecule has 0 aliphatic heterocycles. The molecule has 0 radical (unpaired) electrons. The van der Waals surface area contributed by atoms with Crippen LogP contribution in [-0.4, -0.2) is 23.8 Å². The van der Waals surface area contributed by atoms with Gasteiger partial charge in [0.1, 0.15) is 0 Å². The third-order valence-electron chi connectivity index (χ3n) is 2.78. The normalized spacial score (nSPS) is 16.2. The lowest BCUT2D eigenvalue weighted by molar-refractivity contribution is -0.119. The Kier molecular flexibility index (Phi) is 4.94. The number of aliphatic hydroxyl groups excluding tert-OH is 1. The number of rotatable bonds is 6. The number of carbonyl (C=O) groups excluding carboxylic acids is 2. The largest absolute Gasteiger partial charge is 0.504 e. The predicted molar refractivity (Wildman–Crippen MR) is 63.5 cm³/mol. The molecule has 1 rings (SSSR count). The highest BCUT2D eigenvalue weighted by atomic mass is 16.5. The van der Waals surface area contributed by atoms with Crippen molar-refractivity contribution in [2.24, 2.45) is 0 Å². The Labute approximate surface area is 101 Å². The second-order valence-electron chi connectivity index (χ2n) is 4.04. The zero-order valence-electron chi connectivity index (χ0n) is 10.3. The van der Waals surface area contributed by atoms with Crippen molar-refractivity contribution in [2.75, 3.05) is 7.11 Å². The van der Waals surface area contributed by atoms with E-state index in [2.05, 4.69) is 6.92 Å². The lowest BCUT2D eigenvalue weighted by atomic mass is 9.95. The van der Waals surface area contributed by atoms with Gasteiger partial charge < -0.3 is 9.84 Å². The number of hydrogen-bond donors (Lipinski definition) is 1. The third kappa shape index (κ3) is 3.19. The summed E-state index contributed by atoms with van der Waals surface area (Å²) in [6.07, 6.45) is 5.43. The van der Waals surface area contributed by atoms with Gasteiger partial charge >= 0.3 is 0 Å². The van der Waals surface area contributed by atoms with Gasteiger partial charge in [-0.05, 0) is 12.8 Å². The van der Waals surface area contributed by atoms with Crippen LogP contribution in [0.2, 0.25) is 0 Å². The number of carbonyl (C=O) groups is 2. The van der Waals surface area contributed by atoms with E-state index in [0.29, 0.717) is 6.42 Å². The van der Waals surface area contributed by atoms with Crippen molar-refractivity contribution in [2.45, 2.75) is 39.0 Å². The standard InChI is InChI=1S/C13H18O4/c1-3-4-5-6-7-9-12(15)10(14)8-11(17-2)13(9)16/h8,15H,3-7H2,1-2H3. The molecular formula is C13H18O4. The number of allylic oxidation sites excluding steroid dienone is 2. The molecular weight excluding hydrogens is 220 g/mol. The van der Waals surface area contributed by atoms with Crippen LogP contribution < -0.4 is 0 Å². The summed E-state index contributed by atoms with van der Waals surface area (Å²) in [4.78, 5) is 23.2. The van der Waals surface area contributed by atoms with E-state index < -0.39 is 11.5 Å². The lowest BCUT2D eigenvalue weighted by Gasteiger charge is -2.14. The summed E-state index contributed by atoms with van der Waals surface area (Å²) in [7, 11) is 1.34. The van der Waals surface area contributed by atoms with Crippen molar-refractivity contribution in [3.05, 3.63) is 23.2 Å². The molecule has 4 nitrogen and oxygen atoms in total. The second kappa shape index (κ2) is 6.23. The highest BCUT2D eigenvalue weighted by Crippen LogP contribution is 2.23.